The van der Waals surface area contributed by atoms with Crippen molar-refractivity contribution in [3.05, 3.63) is 33.5 Å². The van der Waals surface area contributed by atoms with Crippen molar-refractivity contribution < 1.29 is 0 Å². The number of nitrogens with one attached hydrogen (secondary N) is 1. The highest BCUT2D eigenvalue weighted by Gasteiger charge is 2.07. The smallest absolute Gasteiger partial charge is 0.0898 e. The highest BCUT2D eigenvalue weighted by Crippen LogP contribution is 2.11. The molecule has 4 nitrogen and oxygen atoms in total. The van der Waals surface area contributed by atoms with Gasteiger partial charge in [0.15, 0.2) is 0 Å². The van der Waals surface area contributed by atoms with Crippen LogP contribution in [0.2, 0.25) is 0 Å². The molecule has 0 radical (unpaired) electrons. The van der Waals surface area contributed by atoms with Crippen LogP contribution in [0.25, 0.3) is 0 Å². The normalized spacial score (nSPS) is 11.4. The minimum absolute atomic E-state index is 0.494. The van der Waals surface area contributed by atoms with E-state index in [9.17, 15) is 0 Å². The number of nitrogens with zero attached hydrogens (tertiary/aromatic N) is 3. The van der Waals surface area contributed by atoms with Gasteiger partial charge in [-0.15, -0.1) is 11.3 Å². The average Bonchev–Trinajstić information content (AvgIpc) is 2.83. The van der Waals surface area contributed by atoms with Crippen LogP contribution < -0.4 is 5.32 Å². The van der Waals surface area contributed by atoms with Crippen LogP contribution in [0, 0.1) is 13.8 Å². The third-order valence-electron chi connectivity index (χ3n) is 2.74. The highest BCUT2D eigenvalue weighted by molar-refractivity contribution is 7.09. The molecule has 0 saturated carbocycles. The Morgan fingerprint density at radius 2 is 2.17 bits per heavy atom. The van der Waals surface area contributed by atoms with Crippen LogP contribution in [0.5, 0.6) is 0 Å². The minimum atomic E-state index is 0.494. The van der Waals surface area contributed by atoms with Crippen molar-refractivity contribution >= 4 is 11.3 Å². The number of aromatic nitrogens is 3. The van der Waals surface area contributed by atoms with E-state index in [1.165, 1.54) is 5.56 Å². The minimum Gasteiger partial charge on any atom is -0.310 e. The van der Waals surface area contributed by atoms with Gasteiger partial charge >= 0.3 is 0 Å². The second-order valence-corrected chi connectivity index (χ2v) is 5.89. The van der Waals surface area contributed by atoms with Crippen LogP contribution in [-0.4, -0.2) is 20.8 Å². The Balaban J connectivity index is 2.04. The molecule has 2 aromatic rings. The molecule has 1 N–H and O–H groups in total. The maximum absolute atomic E-state index is 4.53. The Kier molecular flexibility index (Phi) is 4.14. The summed E-state index contributed by atoms with van der Waals surface area (Å²) in [4.78, 5) is 4.46. The Morgan fingerprint density at radius 3 is 2.78 bits per heavy atom. The van der Waals surface area contributed by atoms with Gasteiger partial charge in [-0.25, -0.2) is 4.98 Å². The summed E-state index contributed by atoms with van der Waals surface area (Å²) < 4.78 is 1.97. The quantitative estimate of drug-likeness (QED) is 0.902. The lowest BCUT2D eigenvalue weighted by Gasteiger charge is -2.06. The second kappa shape index (κ2) is 5.63. The van der Waals surface area contributed by atoms with Crippen LogP contribution in [0.4, 0.5) is 0 Å². The summed E-state index contributed by atoms with van der Waals surface area (Å²) in [5.41, 5.74) is 3.44. The standard InChI is InChI=1S/C13H20N4S/c1-9(2)14-5-12-6-17(16-10(12)3)7-13-8-18-11(4)15-13/h6,8-9,14H,5,7H2,1-4H3. The summed E-state index contributed by atoms with van der Waals surface area (Å²) in [6.07, 6.45) is 2.11. The number of thiazole rings is 1. The number of hydrogen-bond donors (Lipinski definition) is 1. The van der Waals surface area contributed by atoms with Gasteiger partial charge in [0.05, 0.1) is 22.9 Å². The SMILES string of the molecule is Cc1nc(Cn2cc(CNC(C)C)c(C)n2)cs1. The fourth-order valence-corrected chi connectivity index (χ4v) is 2.38. The molecule has 2 aromatic heterocycles. The summed E-state index contributed by atoms with van der Waals surface area (Å²) in [5, 5.41) is 11.2. The van der Waals surface area contributed by atoms with E-state index >= 15 is 0 Å². The Bertz CT molecular complexity index is 513. The summed E-state index contributed by atoms with van der Waals surface area (Å²) in [5.74, 6) is 0. The first kappa shape index (κ1) is 13.2. The van der Waals surface area contributed by atoms with Gasteiger partial charge in [-0.2, -0.15) is 5.10 Å². The van der Waals surface area contributed by atoms with Crippen molar-refractivity contribution in [3.8, 4) is 0 Å². The molecule has 0 aromatic carbocycles. The lowest BCUT2D eigenvalue weighted by atomic mass is 10.2. The van der Waals surface area contributed by atoms with E-state index in [1.807, 2.05) is 11.6 Å². The van der Waals surface area contributed by atoms with E-state index in [-0.39, 0.29) is 0 Å². The van der Waals surface area contributed by atoms with Crippen molar-refractivity contribution in [3.63, 3.8) is 0 Å². The molecular weight excluding hydrogens is 244 g/mol. The van der Waals surface area contributed by atoms with Crippen LogP contribution >= 0.6 is 11.3 Å². The highest BCUT2D eigenvalue weighted by atomic mass is 32.1. The van der Waals surface area contributed by atoms with E-state index in [0.29, 0.717) is 6.04 Å². The zero-order valence-electron chi connectivity index (χ0n) is 11.4. The number of hydrogen-bond acceptors (Lipinski definition) is 4. The van der Waals surface area contributed by atoms with Crippen LogP contribution in [0.3, 0.4) is 0 Å². The zero-order chi connectivity index (χ0) is 13.1. The van der Waals surface area contributed by atoms with E-state index in [2.05, 4.69) is 47.7 Å². The van der Waals surface area contributed by atoms with Gasteiger partial charge < -0.3 is 5.32 Å². The van der Waals surface area contributed by atoms with E-state index in [1.54, 1.807) is 11.3 Å². The molecule has 2 rings (SSSR count). The fourth-order valence-electron chi connectivity index (χ4n) is 1.77. The van der Waals surface area contributed by atoms with Gasteiger partial charge in [-0.3, -0.25) is 4.68 Å². The van der Waals surface area contributed by atoms with Gasteiger partial charge in [0.2, 0.25) is 0 Å². The lowest BCUT2D eigenvalue weighted by molar-refractivity contribution is 0.587. The van der Waals surface area contributed by atoms with Crippen LogP contribution in [0.15, 0.2) is 11.6 Å². The molecule has 0 saturated heterocycles. The Hall–Kier alpha value is -1.20. The molecule has 98 valence electrons. The molecular formula is C13H20N4S. The summed E-state index contributed by atoms with van der Waals surface area (Å²) in [6.45, 7) is 10.0. The third kappa shape index (κ3) is 3.40. The van der Waals surface area contributed by atoms with Crippen molar-refractivity contribution in [2.45, 2.75) is 46.8 Å². The summed E-state index contributed by atoms with van der Waals surface area (Å²) >= 11 is 1.68. The van der Waals surface area contributed by atoms with Crippen molar-refractivity contribution in [2.75, 3.05) is 0 Å². The van der Waals surface area contributed by atoms with E-state index in [0.717, 1.165) is 29.5 Å². The van der Waals surface area contributed by atoms with Gasteiger partial charge in [0.25, 0.3) is 0 Å². The zero-order valence-corrected chi connectivity index (χ0v) is 12.2. The van der Waals surface area contributed by atoms with Gasteiger partial charge in [0, 0.05) is 29.7 Å². The predicted octanol–water partition coefficient (Wildman–Crippen LogP) is 2.50. The van der Waals surface area contributed by atoms with Gasteiger partial charge in [-0.05, 0) is 13.8 Å². The molecule has 0 aliphatic carbocycles. The molecule has 0 bridgehead atoms. The second-order valence-electron chi connectivity index (χ2n) is 4.83. The van der Waals surface area contributed by atoms with Crippen molar-refractivity contribution in [1.29, 1.82) is 0 Å². The third-order valence-corrected chi connectivity index (χ3v) is 3.56. The molecule has 0 aliphatic rings. The maximum Gasteiger partial charge on any atom is 0.0898 e. The average molecular weight is 264 g/mol. The first-order valence-corrected chi connectivity index (χ1v) is 7.10. The monoisotopic (exact) mass is 264 g/mol. The largest absolute Gasteiger partial charge is 0.310 e. The van der Waals surface area contributed by atoms with Gasteiger partial charge in [0.1, 0.15) is 0 Å². The molecule has 5 heteroatoms. The number of aryl methyl sites for hydroxylation is 2. The van der Waals surface area contributed by atoms with Crippen LogP contribution in [0.1, 0.15) is 35.8 Å². The van der Waals surface area contributed by atoms with Crippen molar-refractivity contribution in [1.82, 2.24) is 20.1 Å². The molecule has 0 amide bonds. The molecule has 18 heavy (non-hydrogen) atoms. The topological polar surface area (TPSA) is 42.7 Å². The lowest BCUT2D eigenvalue weighted by Crippen LogP contribution is -2.21. The molecule has 0 atom stereocenters. The molecule has 0 fully saturated rings. The Morgan fingerprint density at radius 1 is 1.39 bits per heavy atom. The summed E-state index contributed by atoms with van der Waals surface area (Å²) in [7, 11) is 0. The molecule has 0 unspecified atom stereocenters. The van der Waals surface area contributed by atoms with E-state index < -0.39 is 0 Å². The fraction of sp³-hybridized carbons (Fsp3) is 0.538. The maximum atomic E-state index is 4.53. The van der Waals surface area contributed by atoms with E-state index in [4.69, 9.17) is 0 Å². The van der Waals surface area contributed by atoms with Crippen LogP contribution in [-0.2, 0) is 13.1 Å². The first-order chi connectivity index (χ1) is 8.54. The Labute approximate surface area is 112 Å². The number of rotatable bonds is 5. The molecule has 0 aliphatic heterocycles. The van der Waals surface area contributed by atoms with Gasteiger partial charge in [-0.1, -0.05) is 13.8 Å². The van der Waals surface area contributed by atoms with Crippen molar-refractivity contribution in [2.24, 2.45) is 0 Å². The summed E-state index contributed by atoms with van der Waals surface area (Å²) in [6, 6.07) is 0.494. The predicted molar refractivity (Wildman–Crippen MR) is 74.9 cm³/mol. The molecule has 2 heterocycles. The molecule has 0 spiro atoms. The first-order valence-electron chi connectivity index (χ1n) is 6.22.